The van der Waals surface area contributed by atoms with Crippen LogP contribution in [0.2, 0.25) is 0 Å². The van der Waals surface area contributed by atoms with Crippen LogP contribution in [0.3, 0.4) is 0 Å². The molecule has 0 spiro atoms. The number of sulfonamides is 1. The Morgan fingerprint density at radius 2 is 2.12 bits per heavy atom. The highest BCUT2D eigenvalue weighted by molar-refractivity contribution is 9.09. The number of halogens is 1. The van der Waals surface area contributed by atoms with E-state index in [0.717, 1.165) is 24.6 Å². The predicted molar refractivity (Wildman–Crippen MR) is 70.8 cm³/mol. The number of hydrogen-bond acceptors (Lipinski definition) is 3. The van der Waals surface area contributed by atoms with Gasteiger partial charge in [0.15, 0.2) is 5.03 Å². The zero-order valence-electron chi connectivity index (χ0n) is 10.1. The predicted octanol–water partition coefficient (Wildman–Crippen LogP) is 1.57. The van der Waals surface area contributed by atoms with Crippen molar-refractivity contribution in [2.45, 2.75) is 31.2 Å². The largest absolute Gasteiger partial charge is 0.337 e. The minimum absolute atomic E-state index is 0.0954. The first-order valence-corrected chi connectivity index (χ1v) is 8.13. The van der Waals surface area contributed by atoms with Gasteiger partial charge in [0.2, 0.25) is 0 Å². The van der Waals surface area contributed by atoms with Gasteiger partial charge in [0.25, 0.3) is 10.0 Å². The fraction of sp³-hybridized carbons (Fsp3) is 0.700. The van der Waals surface area contributed by atoms with Crippen molar-refractivity contribution in [1.29, 1.82) is 0 Å². The van der Waals surface area contributed by atoms with Crippen molar-refractivity contribution >= 4 is 26.0 Å². The smallest absolute Gasteiger partial charge is 0.259 e. The lowest BCUT2D eigenvalue weighted by atomic mass is 10.3. The molecule has 0 saturated heterocycles. The molecule has 0 aliphatic rings. The van der Waals surface area contributed by atoms with Gasteiger partial charge in [-0.05, 0) is 19.8 Å². The fourth-order valence-corrected chi connectivity index (χ4v) is 2.84. The van der Waals surface area contributed by atoms with Crippen LogP contribution >= 0.6 is 15.9 Å². The first-order chi connectivity index (χ1) is 7.97. The van der Waals surface area contributed by atoms with Crippen LogP contribution in [0.25, 0.3) is 0 Å². The van der Waals surface area contributed by atoms with Crippen LogP contribution < -0.4 is 4.72 Å². The van der Waals surface area contributed by atoms with Gasteiger partial charge in [-0.25, -0.2) is 18.1 Å². The van der Waals surface area contributed by atoms with Gasteiger partial charge in [-0.1, -0.05) is 22.4 Å². The number of unbranched alkanes of at least 4 members (excludes halogenated alkanes) is 2. The third-order valence-corrected chi connectivity index (χ3v) is 4.36. The van der Waals surface area contributed by atoms with E-state index in [9.17, 15) is 8.42 Å². The van der Waals surface area contributed by atoms with Crippen LogP contribution in [0.5, 0.6) is 0 Å². The van der Waals surface area contributed by atoms with E-state index >= 15 is 0 Å². The SMILES string of the molecule is Cc1nc(S(=O)(=O)NCCCCCBr)cn1C. The topological polar surface area (TPSA) is 64.0 Å². The average molecular weight is 324 g/mol. The molecule has 0 aliphatic carbocycles. The van der Waals surface area contributed by atoms with Gasteiger partial charge in [0.1, 0.15) is 5.82 Å². The summed E-state index contributed by atoms with van der Waals surface area (Å²) in [7, 11) is -1.67. The monoisotopic (exact) mass is 323 g/mol. The zero-order valence-corrected chi connectivity index (χ0v) is 12.5. The molecule has 1 aromatic rings. The van der Waals surface area contributed by atoms with Gasteiger partial charge in [0, 0.05) is 25.1 Å². The summed E-state index contributed by atoms with van der Waals surface area (Å²) in [6.45, 7) is 2.24. The Morgan fingerprint density at radius 3 is 2.65 bits per heavy atom. The van der Waals surface area contributed by atoms with E-state index in [1.807, 2.05) is 0 Å². The number of rotatable bonds is 7. The lowest BCUT2D eigenvalue weighted by Crippen LogP contribution is -2.25. The molecule has 1 aromatic heterocycles. The average Bonchev–Trinajstić information content (AvgIpc) is 2.60. The second-order valence-electron chi connectivity index (χ2n) is 3.88. The summed E-state index contributed by atoms with van der Waals surface area (Å²) in [5.74, 6) is 0.685. The van der Waals surface area contributed by atoms with Crippen LogP contribution in [-0.4, -0.2) is 29.8 Å². The number of nitrogens with one attached hydrogen (secondary N) is 1. The second kappa shape index (κ2) is 6.51. The highest BCUT2D eigenvalue weighted by Gasteiger charge is 2.17. The minimum Gasteiger partial charge on any atom is -0.337 e. The van der Waals surface area contributed by atoms with Crippen LogP contribution in [0.15, 0.2) is 11.2 Å². The molecule has 0 bridgehead atoms. The lowest BCUT2D eigenvalue weighted by Gasteiger charge is -2.03. The van der Waals surface area contributed by atoms with Crippen molar-refractivity contribution in [2.24, 2.45) is 7.05 Å². The van der Waals surface area contributed by atoms with E-state index in [1.54, 1.807) is 18.5 Å². The van der Waals surface area contributed by atoms with Gasteiger partial charge >= 0.3 is 0 Å². The molecule has 0 radical (unpaired) electrons. The number of aromatic nitrogens is 2. The number of aryl methyl sites for hydroxylation is 2. The summed E-state index contributed by atoms with van der Waals surface area (Å²) in [4.78, 5) is 4.00. The standard InChI is InChI=1S/C10H18BrN3O2S/c1-9-13-10(8-14(9)2)17(15,16)12-7-5-3-4-6-11/h8,12H,3-7H2,1-2H3. The van der Waals surface area contributed by atoms with E-state index in [-0.39, 0.29) is 5.03 Å². The Morgan fingerprint density at radius 1 is 1.41 bits per heavy atom. The molecule has 1 heterocycles. The minimum atomic E-state index is -3.44. The van der Waals surface area contributed by atoms with Gasteiger partial charge in [-0.3, -0.25) is 0 Å². The zero-order chi connectivity index (χ0) is 12.9. The summed E-state index contributed by atoms with van der Waals surface area (Å²) >= 11 is 3.34. The first kappa shape index (κ1) is 14.7. The van der Waals surface area contributed by atoms with Crippen molar-refractivity contribution in [2.75, 3.05) is 11.9 Å². The van der Waals surface area contributed by atoms with Crippen molar-refractivity contribution in [3.63, 3.8) is 0 Å². The molecule has 5 nitrogen and oxygen atoms in total. The molecule has 0 aromatic carbocycles. The van der Waals surface area contributed by atoms with Crippen molar-refractivity contribution in [1.82, 2.24) is 14.3 Å². The summed E-state index contributed by atoms with van der Waals surface area (Å²) in [5, 5.41) is 1.05. The van der Waals surface area contributed by atoms with Crippen molar-refractivity contribution < 1.29 is 8.42 Å². The van der Waals surface area contributed by atoms with Crippen LogP contribution in [0.4, 0.5) is 0 Å². The van der Waals surface area contributed by atoms with E-state index in [0.29, 0.717) is 12.4 Å². The third kappa shape index (κ3) is 4.40. The lowest BCUT2D eigenvalue weighted by molar-refractivity contribution is 0.573. The van der Waals surface area contributed by atoms with Crippen LogP contribution in [0, 0.1) is 6.92 Å². The maximum Gasteiger partial charge on any atom is 0.259 e. The van der Waals surface area contributed by atoms with Gasteiger partial charge in [0.05, 0.1) is 0 Å². The Labute approximate surface area is 111 Å². The molecular formula is C10H18BrN3O2S. The first-order valence-electron chi connectivity index (χ1n) is 5.53. The molecule has 0 aliphatic heterocycles. The molecule has 7 heteroatoms. The Balaban J connectivity index is 2.51. The van der Waals surface area contributed by atoms with Gasteiger partial charge in [-0.15, -0.1) is 0 Å². The maximum absolute atomic E-state index is 11.8. The summed E-state index contributed by atoms with van der Waals surface area (Å²) < 4.78 is 27.9. The maximum atomic E-state index is 11.8. The van der Waals surface area contributed by atoms with Gasteiger partial charge < -0.3 is 4.57 Å². The second-order valence-corrected chi connectivity index (χ2v) is 6.39. The van der Waals surface area contributed by atoms with E-state index < -0.39 is 10.0 Å². The molecule has 0 fully saturated rings. The number of hydrogen-bond donors (Lipinski definition) is 1. The molecule has 0 saturated carbocycles. The molecule has 98 valence electrons. The number of alkyl halides is 1. The number of nitrogens with zero attached hydrogens (tertiary/aromatic N) is 2. The van der Waals surface area contributed by atoms with E-state index in [4.69, 9.17) is 0 Å². The summed E-state index contributed by atoms with van der Waals surface area (Å²) in [6.07, 6.45) is 4.44. The highest BCUT2D eigenvalue weighted by Crippen LogP contribution is 2.07. The fourth-order valence-electron chi connectivity index (χ4n) is 1.33. The summed E-state index contributed by atoms with van der Waals surface area (Å²) in [5.41, 5.74) is 0. The van der Waals surface area contributed by atoms with Crippen molar-refractivity contribution in [3.8, 4) is 0 Å². The Bertz CT molecular complexity index is 437. The van der Waals surface area contributed by atoms with Crippen molar-refractivity contribution in [3.05, 3.63) is 12.0 Å². The molecule has 1 rings (SSSR count). The Kier molecular flexibility index (Phi) is 5.61. The van der Waals surface area contributed by atoms with Crippen LogP contribution in [-0.2, 0) is 17.1 Å². The Hall–Kier alpha value is -0.400. The molecule has 17 heavy (non-hydrogen) atoms. The van der Waals surface area contributed by atoms with Gasteiger partial charge in [-0.2, -0.15) is 0 Å². The highest BCUT2D eigenvalue weighted by atomic mass is 79.9. The normalized spacial score (nSPS) is 11.9. The molecule has 1 N–H and O–H groups in total. The summed E-state index contributed by atoms with van der Waals surface area (Å²) in [6, 6.07) is 0. The van der Waals surface area contributed by atoms with E-state index in [2.05, 4.69) is 25.6 Å². The third-order valence-electron chi connectivity index (χ3n) is 2.46. The molecule has 0 amide bonds. The molecule has 0 atom stereocenters. The van der Waals surface area contributed by atoms with E-state index in [1.165, 1.54) is 6.20 Å². The molecule has 0 unspecified atom stereocenters. The number of imidazole rings is 1. The van der Waals surface area contributed by atoms with Crippen LogP contribution in [0.1, 0.15) is 25.1 Å². The molecular weight excluding hydrogens is 306 g/mol. The quantitative estimate of drug-likeness (QED) is 0.612.